The van der Waals surface area contributed by atoms with Gasteiger partial charge in [-0.05, 0) is 0 Å². The van der Waals surface area contributed by atoms with Crippen molar-refractivity contribution in [2.45, 2.75) is 0 Å². The zero-order valence-corrected chi connectivity index (χ0v) is 8.55. The maximum atomic E-state index is 0. The van der Waals surface area contributed by atoms with Crippen LogP contribution in [0.4, 0.5) is 0 Å². The molecule has 0 aliphatic rings. The van der Waals surface area contributed by atoms with Gasteiger partial charge in [0.15, 0.2) is 0 Å². The van der Waals surface area contributed by atoms with Crippen LogP contribution < -0.4 is 29.6 Å². The second kappa shape index (κ2) is 335. The molecule has 0 aromatic rings. The molecule has 0 aromatic carbocycles. The Morgan fingerprint density at radius 2 is 0.333 bits per heavy atom. The Morgan fingerprint density at radius 3 is 0.333 bits per heavy atom. The van der Waals surface area contributed by atoms with Gasteiger partial charge in [-0.3, -0.25) is 0 Å². The zero-order valence-electron chi connectivity index (χ0n) is 4.54. The molecule has 7 nitrogen and oxygen atoms in total. The van der Waals surface area contributed by atoms with Crippen molar-refractivity contribution in [2.75, 3.05) is 0 Å². The summed E-state index contributed by atoms with van der Waals surface area (Å²) in [6.45, 7) is 0. The van der Waals surface area contributed by atoms with Crippen LogP contribution in [0.5, 0.6) is 0 Å². The van der Waals surface area contributed by atoms with E-state index in [1.165, 1.54) is 0 Å². The fraction of sp³-hybridized carbons (Fsp3) is 0. The smallest absolute Gasteiger partial charge is 0.870 e. The van der Waals surface area contributed by atoms with Crippen molar-refractivity contribution in [3.63, 3.8) is 0 Å². The summed E-state index contributed by atoms with van der Waals surface area (Å²) in [4.78, 5) is 0. The van der Waals surface area contributed by atoms with E-state index >= 15 is 0 Å². The van der Waals surface area contributed by atoms with Crippen LogP contribution in [-0.4, -0.2) is 38.3 Å². The molecule has 0 fully saturated rings. The van der Waals surface area contributed by atoms with Crippen LogP contribution >= 0.6 is 0 Å². The zero-order chi connectivity index (χ0) is 0. The molecule has 0 spiro atoms. The van der Waals surface area contributed by atoms with Gasteiger partial charge in [0.05, 0.1) is 0 Å². The molecule has 0 bridgehead atoms. The topological polar surface area (TPSA) is 210 Å². The van der Waals surface area contributed by atoms with Gasteiger partial charge >= 0.3 is 29.6 Å². The van der Waals surface area contributed by atoms with Crippen molar-refractivity contribution in [3.05, 3.63) is 0 Å². The van der Waals surface area contributed by atoms with Gasteiger partial charge in [-0.2, -0.15) is 0 Å². The normalized spacial score (nSPS) is 0. The molecule has 0 amide bonds. The molecule has 9 heteroatoms. The third kappa shape index (κ3) is 260. The molecule has 0 aliphatic heterocycles. The van der Waals surface area contributed by atoms with Crippen molar-refractivity contribution >= 4 is 0 Å². The maximum Gasteiger partial charge on any atom is 1.00 e. The summed E-state index contributed by atoms with van der Waals surface area (Å²) in [5.74, 6) is 0. The summed E-state index contributed by atoms with van der Waals surface area (Å²) in [6.07, 6.45) is 0. The number of hydrogen-bond acceptors (Lipinski definition) is 7. The molecule has 0 aliphatic carbocycles. The average Bonchev–Trinajstić information content (AvgIpc) is 0. The van der Waals surface area contributed by atoms with Gasteiger partial charge in [-0.15, -0.1) is 0 Å². The molecule has 0 saturated heterocycles. The van der Waals surface area contributed by atoms with E-state index in [4.69, 9.17) is 0 Å². The second-order valence-electron chi connectivity index (χ2n) is 0. The first kappa shape index (κ1) is 465. The summed E-state index contributed by atoms with van der Waals surface area (Å²) in [6, 6.07) is 0. The Morgan fingerprint density at radius 1 is 0.333 bits per heavy atom. The van der Waals surface area contributed by atoms with Crippen molar-refractivity contribution in [2.24, 2.45) is 0 Å². The molecule has 7 N–H and O–H groups in total. The van der Waals surface area contributed by atoms with Gasteiger partial charge in [-0.1, -0.05) is 0 Å². The fourth-order valence-corrected chi connectivity index (χ4v) is 0. The molecular formula is H7MoNaO7-6. The predicted molar refractivity (Wildman–Crippen MR) is 13.6 cm³/mol. The van der Waals surface area contributed by atoms with Crippen molar-refractivity contribution < 1.29 is 89.0 Å². The summed E-state index contributed by atoms with van der Waals surface area (Å²) in [7, 11) is 0. The standard InChI is InChI=1S/Mo.Na.7H2O/h;;7*1H2/q;+1;;;;;;;/p-7. The van der Waals surface area contributed by atoms with Crippen molar-refractivity contribution in [1.82, 2.24) is 0 Å². The second-order valence-corrected chi connectivity index (χ2v) is 0. The summed E-state index contributed by atoms with van der Waals surface area (Å²) in [5, 5.41) is 0. The summed E-state index contributed by atoms with van der Waals surface area (Å²) < 4.78 is 0. The van der Waals surface area contributed by atoms with Crippen molar-refractivity contribution in [1.29, 1.82) is 0 Å². The van der Waals surface area contributed by atoms with E-state index in [-0.39, 0.29) is 89.0 Å². The molecular weight excluding hydrogens is 231 g/mol. The molecule has 62 valence electrons. The monoisotopic (exact) mass is 240 g/mol. The van der Waals surface area contributed by atoms with E-state index in [1.807, 2.05) is 0 Å². The average molecular weight is 238 g/mol. The number of rotatable bonds is 0. The Balaban J connectivity index is 0. The molecule has 9 heavy (non-hydrogen) atoms. The van der Waals surface area contributed by atoms with E-state index in [2.05, 4.69) is 0 Å². The maximum absolute atomic E-state index is 0. The third-order valence-corrected chi connectivity index (χ3v) is 0. The van der Waals surface area contributed by atoms with Gasteiger partial charge in [0.2, 0.25) is 0 Å². The minimum absolute atomic E-state index is 0. The van der Waals surface area contributed by atoms with E-state index in [0.717, 1.165) is 0 Å². The first-order chi connectivity index (χ1) is 0. The van der Waals surface area contributed by atoms with E-state index in [0.29, 0.717) is 0 Å². The predicted octanol–water partition coefficient (Wildman–Crippen LogP) is -4.24. The molecule has 0 unspecified atom stereocenters. The summed E-state index contributed by atoms with van der Waals surface area (Å²) in [5.41, 5.74) is 0. The van der Waals surface area contributed by atoms with Crippen molar-refractivity contribution in [3.8, 4) is 0 Å². The SMILES string of the molecule is [Mo].[Na+].[OH-].[OH-].[OH-].[OH-].[OH-].[OH-].[OH-]. The van der Waals surface area contributed by atoms with Crippen LogP contribution in [0.2, 0.25) is 0 Å². The third-order valence-electron chi connectivity index (χ3n) is 0. The first-order valence-electron chi connectivity index (χ1n) is 0. The molecule has 0 rings (SSSR count). The van der Waals surface area contributed by atoms with E-state index in [9.17, 15) is 0 Å². The van der Waals surface area contributed by atoms with Gasteiger partial charge < -0.3 is 38.3 Å². The Hall–Kier alpha value is 1.41. The minimum Gasteiger partial charge on any atom is -0.870 e. The van der Waals surface area contributed by atoms with Gasteiger partial charge in [0.1, 0.15) is 0 Å². The van der Waals surface area contributed by atoms with Crippen LogP contribution in [-0.2, 0) is 21.1 Å². The Bertz CT molecular complexity index is 8.88. The van der Waals surface area contributed by atoms with Crippen LogP contribution in [0.3, 0.4) is 0 Å². The molecule has 0 saturated carbocycles. The number of hydrogen-bond donors (Lipinski definition) is 0. The molecule has 0 atom stereocenters. The Labute approximate surface area is 88.5 Å². The Kier molecular flexibility index (Phi) is 17300. The molecule has 0 aromatic heterocycles. The van der Waals surface area contributed by atoms with E-state index in [1.54, 1.807) is 0 Å². The molecule has 0 heterocycles. The van der Waals surface area contributed by atoms with Gasteiger partial charge in [0, 0.05) is 21.1 Å². The van der Waals surface area contributed by atoms with Gasteiger partial charge in [-0.25, -0.2) is 0 Å². The summed E-state index contributed by atoms with van der Waals surface area (Å²) >= 11 is 0. The van der Waals surface area contributed by atoms with Gasteiger partial charge in [0.25, 0.3) is 0 Å². The quantitative estimate of drug-likeness (QED) is 0.378. The van der Waals surface area contributed by atoms with Crippen LogP contribution in [0.15, 0.2) is 0 Å². The largest absolute Gasteiger partial charge is 1.00 e. The molecule has 0 radical (unpaired) electrons. The first-order valence-corrected chi connectivity index (χ1v) is 0. The minimum atomic E-state index is 0. The van der Waals surface area contributed by atoms with E-state index < -0.39 is 0 Å². The fourth-order valence-electron chi connectivity index (χ4n) is 0. The van der Waals surface area contributed by atoms with Crippen LogP contribution in [0.1, 0.15) is 0 Å². The van der Waals surface area contributed by atoms with Crippen LogP contribution in [0.25, 0.3) is 0 Å². The van der Waals surface area contributed by atoms with Crippen LogP contribution in [0, 0.1) is 0 Å².